The van der Waals surface area contributed by atoms with Crippen LogP contribution >= 0.6 is 0 Å². The largest absolute Gasteiger partial charge is 0.379 e. The molecule has 0 aromatic rings. The number of nitrogens with one attached hydrogen (secondary N) is 1. The molecule has 3 fully saturated rings. The second-order valence-electron chi connectivity index (χ2n) is 7.21. The van der Waals surface area contributed by atoms with Gasteiger partial charge in [-0.25, -0.2) is 4.90 Å². The summed E-state index contributed by atoms with van der Waals surface area (Å²) in [5, 5.41) is 2.19. The van der Waals surface area contributed by atoms with Gasteiger partial charge in [0.15, 0.2) is 0 Å². The highest BCUT2D eigenvalue weighted by Gasteiger charge is 2.56. The highest BCUT2D eigenvalue weighted by Crippen LogP contribution is 2.31. The van der Waals surface area contributed by atoms with Gasteiger partial charge >= 0.3 is 0 Å². The monoisotopic (exact) mass is 321 g/mol. The molecular weight excluding hydrogens is 294 g/mol. The lowest BCUT2D eigenvalue weighted by molar-refractivity contribution is -0.949. The fourth-order valence-electron chi connectivity index (χ4n) is 4.48. The van der Waals surface area contributed by atoms with Crippen molar-refractivity contribution in [2.45, 2.75) is 31.2 Å². The normalized spacial score (nSPS) is 35.3. The average molecular weight is 321 g/mol. The molecule has 3 heterocycles. The number of nitrogens with zero attached hydrogens (tertiary/aromatic N) is 4. The van der Waals surface area contributed by atoms with E-state index >= 15 is 0 Å². The number of hydrazine groups is 2. The Bertz CT molecular complexity index is 523. The average Bonchev–Trinajstić information content (AvgIpc) is 3.15. The first-order valence-corrected chi connectivity index (χ1v) is 8.71. The fourth-order valence-corrected chi connectivity index (χ4v) is 4.48. The van der Waals surface area contributed by atoms with E-state index in [1.165, 1.54) is 12.8 Å². The summed E-state index contributed by atoms with van der Waals surface area (Å²) < 4.78 is 6.52. The first kappa shape index (κ1) is 15.3. The van der Waals surface area contributed by atoms with E-state index < -0.39 is 0 Å². The maximum absolute atomic E-state index is 12.4. The minimum Gasteiger partial charge on any atom is -0.379 e. The van der Waals surface area contributed by atoms with Crippen molar-refractivity contribution in [3.05, 3.63) is 29.2 Å². The summed E-state index contributed by atoms with van der Waals surface area (Å²) in [7, 11) is 2.33. The third-order valence-electron chi connectivity index (χ3n) is 5.65. The Kier molecular flexibility index (Phi) is 3.96. The van der Waals surface area contributed by atoms with Crippen molar-refractivity contribution in [2.75, 3.05) is 46.4 Å². The molecule has 23 heavy (non-hydrogen) atoms. The maximum atomic E-state index is 12.4. The molecule has 1 N–H and O–H groups in total. The van der Waals surface area contributed by atoms with Crippen molar-refractivity contribution in [3.8, 4) is 0 Å². The molecular formula is C16H27N5O2+2. The van der Waals surface area contributed by atoms with Crippen molar-refractivity contribution >= 4 is 0 Å². The number of nitroso groups, excluding NO2 is 1. The molecule has 0 amide bonds. The molecule has 0 aromatic heterocycles. The molecule has 1 aliphatic carbocycles. The van der Waals surface area contributed by atoms with Crippen LogP contribution < -0.4 is 5.53 Å². The van der Waals surface area contributed by atoms with E-state index in [2.05, 4.69) is 34.6 Å². The molecule has 3 unspecified atom stereocenters. The van der Waals surface area contributed by atoms with Crippen LogP contribution in [-0.4, -0.2) is 84.1 Å². The van der Waals surface area contributed by atoms with Crippen LogP contribution in [0.4, 0.5) is 0 Å². The number of hydrogen-bond acceptors (Lipinski definition) is 4. The lowest BCUT2D eigenvalue weighted by Crippen LogP contribution is -2.70. The Morgan fingerprint density at radius 2 is 1.91 bits per heavy atom. The molecule has 0 bridgehead atoms. The third kappa shape index (κ3) is 2.61. The maximum Gasteiger partial charge on any atom is 0.275 e. The summed E-state index contributed by atoms with van der Waals surface area (Å²) in [5.41, 5.74) is 3.11. The Labute approximate surface area is 137 Å². The van der Waals surface area contributed by atoms with E-state index in [1.807, 2.05) is 12.2 Å². The number of allylic oxidation sites excluding steroid dienone is 2. The van der Waals surface area contributed by atoms with Gasteiger partial charge in [-0.05, 0) is 6.08 Å². The number of likely N-dealkylation sites (tertiary alicyclic amines) is 1. The zero-order valence-electron chi connectivity index (χ0n) is 13.8. The summed E-state index contributed by atoms with van der Waals surface area (Å²) in [4.78, 5) is 15.8. The Morgan fingerprint density at radius 3 is 2.65 bits per heavy atom. The predicted molar refractivity (Wildman–Crippen MR) is 85.8 cm³/mol. The van der Waals surface area contributed by atoms with Gasteiger partial charge in [-0.3, -0.25) is 4.48 Å². The molecule has 0 spiro atoms. The molecule has 126 valence electrons. The van der Waals surface area contributed by atoms with Gasteiger partial charge in [-0.2, -0.15) is 0 Å². The fraction of sp³-hybridized carbons (Fsp3) is 0.750. The SMILES string of the molecule is C[N+]1(C(N2CCOCC2)N2N[N+](=O)C3C=CC=CC32)CCCC1. The molecule has 7 heteroatoms. The van der Waals surface area contributed by atoms with Crippen LogP contribution in [0.2, 0.25) is 0 Å². The van der Waals surface area contributed by atoms with Crippen LogP contribution in [0.1, 0.15) is 12.8 Å². The molecule has 4 aliphatic rings. The molecule has 3 atom stereocenters. The smallest absolute Gasteiger partial charge is 0.275 e. The Morgan fingerprint density at radius 1 is 1.22 bits per heavy atom. The van der Waals surface area contributed by atoms with Crippen LogP contribution in [0.15, 0.2) is 24.3 Å². The molecule has 7 nitrogen and oxygen atoms in total. The van der Waals surface area contributed by atoms with E-state index in [1.54, 1.807) is 0 Å². The topological polar surface area (TPSA) is 47.8 Å². The van der Waals surface area contributed by atoms with E-state index in [0.29, 0.717) is 0 Å². The van der Waals surface area contributed by atoms with E-state index in [9.17, 15) is 4.91 Å². The second-order valence-corrected chi connectivity index (χ2v) is 7.21. The number of quaternary nitrogens is 1. The highest BCUT2D eigenvalue weighted by atomic mass is 16.5. The molecule has 0 radical (unpaired) electrons. The van der Waals surface area contributed by atoms with E-state index in [-0.39, 0.29) is 18.4 Å². The Balaban J connectivity index is 1.66. The quantitative estimate of drug-likeness (QED) is 0.595. The number of rotatable bonds is 3. The van der Waals surface area contributed by atoms with Gasteiger partial charge in [0.1, 0.15) is 10.9 Å². The van der Waals surface area contributed by atoms with Gasteiger partial charge < -0.3 is 4.74 Å². The van der Waals surface area contributed by atoms with Crippen LogP contribution in [-0.2, 0) is 4.74 Å². The number of fused-ring (bicyclic) bond motifs is 1. The van der Waals surface area contributed by atoms with Gasteiger partial charge in [0.2, 0.25) is 6.29 Å². The van der Waals surface area contributed by atoms with Crippen LogP contribution in [0, 0.1) is 4.91 Å². The van der Waals surface area contributed by atoms with Gasteiger partial charge in [0.05, 0.1) is 38.3 Å². The highest BCUT2D eigenvalue weighted by molar-refractivity contribution is 5.19. The molecule has 3 saturated heterocycles. The van der Waals surface area contributed by atoms with Crippen molar-refractivity contribution in [2.24, 2.45) is 0 Å². The molecule has 0 saturated carbocycles. The van der Waals surface area contributed by atoms with Gasteiger partial charge in [-0.15, -0.1) is 0 Å². The first-order valence-electron chi connectivity index (χ1n) is 8.71. The number of ether oxygens (including phenoxy) is 1. The summed E-state index contributed by atoms with van der Waals surface area (Å²) in [6, 6.07) is -0.0568. The zero-order chi connectivity index (χ0) is 15.9. The minimum absolute atomic E-state index is 0.0842. The summed E-state index contributed by atoms with van der Waals surface area (Å²) in [6.45, 7) is 5.72. The number of morpholine rings is 1. The van der Waals surface area contributed by atoms with Gasteiger partial charge in [0.25, 0.3) is 6.04 Å². The minimum atomic E-state index is -0.141. The standard InChI is InChI=1S/C16H27N5O2/c1-21(10-4-5-11-21)16(18-8-12-23-13-9-18)19-14-6-2-3-7-15(14)20(22)17-19/h2-3,6-7,14-16H,4-5,8-13H2,1H3,(H,17,22)/q+2. The molecule has 4 rings (SSSR count). The van der Waals surface area contributed by atoms with Gasteiger partial charge in [0, 0.05) is 25.9 Å². The lowest BCUT2D eigenvalue weighted by Gasteiger charge is -2.47. The number of hydrogen-bond donors (Lipinski definition) is 1. The van der Waals surface area contributed by atoms with Crippen LogP contribution in [0.5, 0.6) is 0 Å². The zero-order valence-corrected chi connectivity index (χ0v) is 13.8. The first-order chi connectivity index (χ1) is 11.2. The summed E-state index contributed by atoms with van der Waals surface area (Å²) >= 11 is 0. The summed E-state index contributed by atoms with van der Waals surface area (Å²) in [5.74, 6) is 0. The van der Waals surface area contributed by atoms with Crippen LogP contribution in [0.3, 0.4) is 0 Å². The van der Waals surface area contributed by atoms with Crippen molar-refractivity contribution in [3.63, 3.8) is 0 Å². The van der Waals surface area contributed by atoms with Crippen molar-refractivity contribution in [1.29, 1.82) is 0 Å². The molecule has 0 aromatic carbocycles. The van der Waals surface area contributed by atoms with Gasteiger partial charge in [-0.1, -0.05) is 28.8 Å². The lowest BCUT2D eigenvalue weighted by atomic mass is 10.0. The predicted octanol–water partition coefficient (Wildman–Crippen LogP) is 0.220. The van der Waals surface area contributed by atoms with Crippen molar-refractivity contribution < 1.29 is 14.1 Å². The second kappa shape index (κ2) is 5.98. The van der Waals surface area contributed by atoms with Crippen LogP contribution in [0.25, 0.3) is 0 Å². The van der Waals surface area contributed by atoms with E-state index in [0.717, 1.165) is 48.7 Å². The van der Waals surface area contributed by atoms with Crippen molar-refractivity contribution in [1.82, 2.24) is 15.4 Å². The van der Waals surface area contributed by atoms with E-state index in [4.69, 9.17) is 4.74 Å². The summed E-state index contributed by atoms with van der Waals surface area (Å²) in [6.07, 6.45) is 10.8. The Hall–Kier alpha value is -1.28. The third-order valence-corrected chi connectivity index (χ3v) is 5.65. The molecule has 3 aliphatic heterocycles.